The Balaban J connectivity index is 1.17. The zero-order chi connectivity index (χ0) is 22.1. The fourth-order valence-corrected chi connectivity index (χ4v) is 5.82. The van der Waals surface area contributed by atoms with Crippen molar-refractivity contribution in [3.05, 3.63) is 59.1 Å². The molecular formula is C24H27N3O3S2. The second kappa shape index (κ2) is 8.92. The maximum Gasteiger partial charge on any atom is 0.291 e. The Morgan fingerprint density at radius 2 is 2.09 bits per heavy atom. The highest BCUT2D eigenvalue weighted by Gasteiger charge is 2.46. The molecular weight excluding hydrogens is 442 g/mol. The van der Waals surface area contributed by atoms with Gasteiger partial charge >= 0.3 is 0 Å². The molecule has 1 saturated carbocycles. The highest BCUT2D eigenvalue weighted by Crippen LogP contribution is 2.56. The average molecular weight is 470 g/mol. The van der Waals surface area contributed by atoms with Gasteiger partial charge in [0, 0.05) is 30.9 Å². The molecule has 5 rings (SSSR count). The average Bonchev–Trinajstić information content (AvgIpc) is 3.26. The summed E-state index contributed by atoms with van der Waals surface area (Å²) in [7, 11) is 0. The van der Waals surface area contributed by atoms with Crippen LogP contribution in [0.15, 0.2) is 47.0 Å². The maximum absolute atomic E-state index is 12.5. The predicted molar refractivity (Wildman–Crippen MR) is 131 cm³/mol. The van der Waals surface area contributed by atoms with Crippen LogP contribution in [0.25, 0.3) is 10.2 Å². The van der Waals surface area contributed by atoms with Gasteiger partial charge in [0.2, 0.25) is 0 Å². The summed E-state index contributed by atoms with van der Waals surface area (Å²) in [6.07, 6.45) is 5.67. The first kappa shape index (κ1) is 21.6. The lowest BCUT2D eigenvalue weighted by Gasteiger charge is -2.28. The molecule has 6 nitrogen and oxygen atoms in total. The number of furan rings is 1. The number of carbonyl (C=O) groups excluding carboxylic acids is 1. The summed E-state index contributed by atoms with van der Waals surface area (Å²) in [6.45, 7) is 7.43. The van der Waals surface area contributed by atoms with Crippen LogP contribution < -0.4 is 10.2 Å². The Bertz CT molecular complexity index is 1140. The van der Waals surface area contributed by atoms with Crippen LogP contribution >= 0.6 is 23.1 Å². The number of hydrogen-bond donors (Lipinski definition) is 1. The molecule has 1 N–H and O–H groups in total. The van der Waals surface area contributed by atoms with Crippen LogP contribution in [0.1, 0.15) is 40.6 Å². The number of fused-ring (bicyclic) bond motifs is 1. The van der Waals surface area contributed by atoms with Crippen LogP contribution in [0, 0.1) is 0 Å². The number of aromatic nitrogens is 1. The van der Waals surface area contributed by atoms with E-state index in [9.17, 15) is 4.79 Å². The van der Waals surface area contributed by atoms with Gasteiger partial charge in [-0.2, -0.15) is 11.8 Å². The highest BCUT2D eigenvalue weighted by atomic mass is 32.2. The van der Waals surface area contributed by atoms with Crippen LogP contribution in [0.2, 0.25) is 0 Å². The predicted octanol–water partition coefficient (Wildman–Crippen LogP) is 4.95. The van der Waals surface area contributed by atoms with E-state index < -0.39 is 0 Å². The molecule has 2 aliphatic rings. The lowest BCUT2D eigenvalue weighted by atomic mass is 10.2. The molecule has 2 aromatic heterocycles. The monoisotopic (exact) mass is 469 g/mol. The lowest BCUT2D eigenvalue weighted by Crippen LogP contribution is -2.36. The Labute approximate surface area is 196 Å². The van der Waals surface area contributed by atoms with Gasteiger partial charge in [0.1, 0.15) is 5.76 Å². The summed E-state index contributed by atoms with van der Waals surface area (Å²) in [6, 6.07) is 10.1. The van der Waals surface area contributed by atoms with Gasteiger partial charge in [0.05, 0.1) is 33.2 Å². The molecule has 0 bridgehead atoms. The van der Waals surface area contributed by atoms with Crippen molar-refractivity contribution in [3.63, 3.8) is 0 Å². The minimum absolute atomic E-state index is 0.0734. The number of thioether (sulfide) groups is 1. The van der Waals surface area contributed by atoms with Crippen LogP contribution in [-0.2, 0) is 15.9 Å². The van der Waals surface area contributed by atoms with E-state index in [1.165, 1.54) is 10.4 Å². The third-order valence-corrected chi connectivity index (χ3v) is 8.57. The van der Waals surface area contributed by atoms with Crippen LogP contribution in [0.4, 0.5) is 5.69 Å². The third kappa shape index (κ3) is 4.44. The van der Waals surface area contributed by atoms with E-state index in [0.29, 0.717) is 17.9 Å². The Kier molecular flexibility index (Phi) is 6.01. The number of nitrogens with one attached hydrogen (secondary N) is 1. The van der Waals surface area contributed by atoms with Crippen LogP contribution in [0.5, 0.6) is 0 Å². The van der Waals surface area contributed by atoms with Crippen molar-refractivity contribution in [3.8, 4) is 0 Å². The van der Waals surface area contributed by atoms with Gasteiger partial charge < -0.3 is 19.4 Å². The quantitative estimate of drug-likeness (QED) is 0.503. The number of benzene rings is 1. The molecule has 3 heterocycles. The van der Waals surface area contributed by atoms with Gasteiger partial charge in [-0.1, -0.05) is 6.58 Å². The number of amides is 1. The van der Waals surface area contributed by atoms with Crippen molar-refractivity contribution in [1.82, 2.24) is 10.3 Å². The Hall–Kier alpha value is -2.29. The number of hydrogen-bond acceptors (Lipinski definition) is 7. The molecule has 0 unspecified atom stereocenters. The van der Waals surface area contributed by atoms with Gasteiger partial charge in [-0.15, -0.1) is 11.3 Å². The van der Waals surface area contributed by atoms with E-state index in [4.69, 9.17) is 14.1 Å². The summed E-state index contributed by atoms with van der Waals surface area (Å²) in [4.78, 5) is 19.7. The van der Waals surface area contributed by atoms with Gasteiger partial charge in [-0.25, -0.2) is 4.98 Å². The smallest absolute Gasteiger partial charge is 0.291 e. The number of aryl methyl sites for hydroxylation is 1. The summed E-state index contributed by atoms with van der Waals surface area (Å²) >= 11 is 3.49. The topological polar surface area (TPSA) is 67.6 Å². The minimum Gasteiger partial charge on any atom is -0.454 e. The summed E-state index contributed by atoms with van der Waals surface area (Å²) in [5.41, 5.74) is 2.91. The lowest BCUT2D eigenvalue weighted by molar-refractivity contribution is 0.0935. The number of nitrogens with zero attached hydrogens (tertiary/aromatic N) is 2. The first-order valence-corrected chi connectivity index (χ1v) is 13.0. The molecule has 32 heavy (non-hydrogen) atoms. The van der Waals surface area contributed by atoms with E-state index in [2.05, 4.69) is 41.3 Å². The Morgan fingerprint density at radius 3 is 2.84 bits per heavy atom. The minimum atomic E-state index is -0.238. The standard InChI is InChI=1S/C24H27N3O3S2/c1-16(25-23(28)19-6-7-21(30-19)24(31-2)9-10-24)3-8-22-26-18-5-4-17(15-20(18)32-22)27-11-13-29-14-12-27/h4-7,15H,1,3,8-14H2,2H3,(H,25,28). The third-order valence-electron chi connectivity index (χ3n) is 6.10. The molecule has 1 aliphatic heterocycles. The normalized spacial score (nSPS) is 17.5. The van der Waals surface area contributed by atoms with Crippen molar-refractivity contribution in [2.45, 2.75) is 30.4 Å². The number of thiazole rings is 1. The molecule has 1 aromatic carbocycles. The SMILES string of the molecule is C=C(CCc1nc2ccc(N3CCOCC3)cc2s1)NC(=O)c1ccc(C2(SC)CC2)o1. The molecule has 0 atom stereocenters. The first-order chi connectivity index (χ1) is 15.6. The fraction of sp³-hybridized carbons (Fsp3) is 0.417. The molecule has 2 fully saturated rings. The molecule has 0 radical (unpaired) electrons. The Morgan fingerprint density at radius 1 is 1.28 bits per heavy atom. The molecule has 8 heteroatoms. The molecule has 168 valence electrons. The second-order valence-electron chi connectivity index (χ2n) is 8.28. The van der Waals surface area contributed by atoms with Crippen molar-refractivity contribution in [2.24, 2.45) is 0 Å². The zero-order valence-corrected chi connectivity index (χ0v) is 19.8. The zero-order valence-electron chi connectivity index (χ0n) is 18.2. The largest absolute Gasteiger partial charge is 0.454 e. The van der Waals surface area contributed by atoms with Gasteiger partial charge in [0.25, 0.3) is 5.91 Å². The highest BCUT2D eigenvalue weighted by molar-refractivity contribution is 7.99. The second-order valence-corrected chi connectivity index (χ2v) is 10.6. The fourth-order valence-electron chi connectivity index (χ4n) is 4.00. The van der Waals surface area contributed by atoms with E-state index in [0.717, 1.165) is 61.9 Å². The van der Waals surface area contributed by atoms with E-state index in [-0.39, 0.29) is 10.7 Å². The molecule has 0 spiro atoms. The first-order valence-electron chi connectivity index (χ1n) is 10.9. The summed E-state index contributed by atoms with van der Waals surface area (Å²) < 4.78 is 12.5. The van der Waals surface area contributed by atoms with Gasteiger partial charge in [-0.3, -0.25) is 4.79 Å². The molecule has 1 saturated heterocycles. The van der Waals surface area contributed by atoms with E-state index in [1.807, 2.05) is 6.07 Å². The summed E-state index contributed by atoms with van der Waals surface area (Å²) in [5, 5.41) is 3.93. The number of ether oxygens (including phenoxy) is 1. The number of morpholine rings is 1. The van der Waals surface area contributed by atoms with Crippen molar-refractivity contribution < 1.29 is 13.9 Å². The van der Waals surface area contributed by atoms with Gasteiger partial charge in [0.15, 0.2) is 5.76 Å². The number of carbonyl (C=O) groups is 1. The molecule has 3 aromatic rings. The summed E-state index contributed by atoms with van der Waals surface area (Å²) in [5.74, 6) is 1.00. The van der Waals surface area contributed by atoms with Gasteiger partial charge in [-0.05, 0) is 55.9 Å². The van der Waals surface area contributed by atoms with Crippen molar-refractivity contribution >= 4 is 44.9 Å². The van der Waals surface area contributed by atoms with Crippen molar-refractivity contribution in [2.75, 3.05) is 37.5 Å². The van der Waals surface area contributed by atoms with Crippen LogP contribution in [0.3, 0.4) is 0 Å². The number of anilines is 1. The molecule has 1 amide bonds. The van der Waals surface area contributed by atoms with E-state index in [1.54, 1.807) is 29.2 Å². The van der Waals surface area contributed by atoms with E-state index >= 15 is 0 Å². The van der Waals surface area contributed by atoms with Crippen molar-refractivity contribution in [1.29, 1.82) is 0 Å². The molecule has 1 aliphatic carbocycles. The van der Waals surface area contributed by atoms with Crippen LogP contribution in [-0.4, -0.2) is 43.5 Å². The maximum atomic E-state index is 12.5. The number of allylic oxidation sites excluding steroid dienone is 1. The number of rotatable bonds is 8.